The lowest BCUT2D eigenvalue weighted by Gasteiger charge is -2.23. The van der Waals surface area contributed by atoms with Gasteiger partial charge in [0.2, 0.25) is 15.9 Å². The van der Waals surface area contributed by atoms with Gasteiger partial charge in [0.05, 0.1) is 13.3 Å². The minimum atomic E-state index is -3.46. The fourth-order valence-corrected chi connectivity index (χ4v) is 4.36. The molecule has 2 saturated heterocycles. The second-order valence-electron chi connectivity index (χ2n) is 5.33. The van der Waals surface area contributed by atoms with Crippen LogP contribution in [0.25, 0.3) is 0 Å². The number of halogens is 1. The first-order valence-corrected chi connectivity index (χ1v) is 8.30. The summed E-state index contributed by atoms with van der Waals surface area (Å²) in [5.74, 6) is 0.417. The molecule has 0 aliphatic carbocycles. The molecule has 2 aliphatic rings. The maximum Gasteiger partial charge on any atom is 0.244 e. The van der Waals surface area contributed by atoms with Gasteiger partial charge in [-0.2, -0.15) is 4.31 Å². The fraction of sp³-hybridized carbons (Fsp3) is 0.615. The normalized spacial score (nSPS) is 26.0. The summed E-state index contributed by atoms with van der Waals surface area (Å²) in [5.41, 5.74) is 0. The first kappa shape index (κ1) is 16.5. The van der Waals surface area contributed by atoms with Crippen molar-refractivity contribution in [3.8, 4) is 5.88 Å². The molecule has 2 atom stereocenters. The molecule has 1 aromatic heterocycles. The van der Waals surface area contributed by atoms with E-state index in [2.05, 4.69) is 10.3 Å². The minimum Gasteiger partial charge on any atom is -0.481 e. The van der Waals surface area contributed by atoms with Crippen molar-refractivity contribution in [3.63, 3.8) is 0 Å². The molecule has 0 radical (unpaired) electrons. The average molecular weight is 334 g/mol. The van der Waals surface area contributed by atoms with Crippen LogP contribution in [0.5, 0.6) is 5.88 Å². The van der Waals surface area contributed by atoms with Gasteiger partial charge in [0, 0.05) is 31.2 Å². The van der Waals surface area contributed by atoms with E-state index < -0.39 is 10.0 Å². The van der Waals surface area contributed by atoms with Gasteiger partial charge in [-0.3, -0.25) is 0 Å². The van der Waals surface area contributed by atoms with Gasteiger partial charge < -0.3 is 10.1 Å². The molecule has 1 N–H and O–H groups in total. The van der Waals surface area contributed by atoms with Crippen LogP contribution in [-0.4, -0.2) is 50.0 Å². The van der Waals surface area contributed by atoms with Crippen molar-refractivity contribution < 1.29 is 13.2 Å². The number of sulfonamides is 1. The molecule has 0 aromatic carbocycles. The third-order valence-corrected chi connectivity index (χ3v) is 5.89. The quantitative estimate of drug-likeness (QED) is 0.894. The number of methoxy groups -OCH3 is 1. The van der Waals surface area contributed by atoms with E-state index in [1.54, 1.807) is 16.4 Å². The monoisotopic (exact) mass is 333 g/mol. The van der Waals surface area contributed by atoms with Crippen molar-refractivity contribution in [2.24, 2.45) is 0 Å². The Balaban J connectivity index is 0.00000161. The Morgan fingerprint density at radius 3 is 2.71 bits per heavy atom. The molecule has 21 heavy (non-hydrogen) atoms. The molecule has 3 heterocycles. The van der Waals surface area contributed by atoms with Gasteiger partial charge >= 0.3 is 0 Å². The molecule has 0 spiro atoms. The SMILES string of the molecule is COc1ccc(S(=O)(=O)N2CCC3CCC(C2)N3)cn1.Cl. The van der Waals surface area contributed by atoms with E-state index in [1.165, 1.54) is 13.3 Å². The van der Waals surface area contributed by atoms with E-state index in [9.17, 15) is 8.42 Å². The number of hydrogen-bond donors (Lipinski definition) is 1. The third kappa shape index (κ3) is 3.31. The summed E-state index contributed by atoms with van der Waals surface area (Å²) in [7, 11) is -1.95. The second-order valence-corrected chi connectivity index (χ2v) is 7.26. The van der Waals surface area contributed by atoms with Crippen LogP contribution >= 0.6 is 12.4 Å². The molecule has 2 aliphatic heterocycles. The van der Waals surface area contributed by atoms with E-state index >= 15 is 0 Å². The molecular formula is C13H20ClN3O3S. The van der Waals surface area contributed by atoms with Crippen LogP contribution in [-0.2, 0) is 10.0 Å². The van der Waals surface area contributed by atoms with Gasteiger partial charge in [0.15, 0.2) is 0 Å². The van der Waals surface area contributed by atoms with Gasteiger partial charge in [-0.05, 0) is 25.3 Å². The van der Waals surface area contributed by atoms with Crippen molar-refractivity contribution in [1.82, 2.24) is 14.6 Å². The molecule has 1 aromatic rings. The number of pyridine rings is 1. The Kier molecular flexibility index (Phi) is 5.08. The van der Waals surface area contributed by atoms with Crippen LogP contribution in [0.1, 0.15) is 19.3 Å². The predicted octanol–water partition coefficient (Wildman–Crippen LogP) is 1.03. The largest absolute Gasteiger partial charge is 0.481 e. The molecular weight excluding hydrogens is 314 g/mol. The Labute approximate surface area is 131 Å². The molecule has 0 amide bonds. The summed E-state index contributed by atoms with van der Waals surface area (Å²) >= 11 is 0. The summed E-state index contributed by atoms with van der Waals surface area (Å²) < 4.78 is 31.8. The summed E-state index contributed by atoms with van der Waals surface area (Å²) in [5, 5.41) is 3.48. The minimum absolute atomic E-state index is 0. The van der Waals surface area contributed by atoms with Gasteiger partial charge in [-0.25, -0.2) is 13.4 Å². The summed E-state index contributed by atoms with van der Waals surface area (Å²) in [6.45, 7) is 1.12. The molecule has 3 rings (SSSR count). The predicted molar refractivity (Wildman–Crippen MR) is 81.4 cm³/mol. The van der Waals surface area contributed by atoms with E-state index in [0.717, 1.165) is 19.3 Å². The van der Waals surface area contributed by atoms with Crippen LogP contribution in [0, 0.1) is 0 Å². The highest BCUT2D eigenvalue weighted by Crippen LogP contribution is 2.25. The number of rotatable bonds is 3. The van der Waals surface area contributed by atoms with E-state index in [0.29, 0.717) is 25.0 Å². The second kappa shape index (κ2) is 6.48. The number of nitrogens with one attached hydrogen (secondary N) is 1. The lowest BCUT2D eigenvalue weighted by molar-refractivity contribution is 0.382. The molecule has 0 saturated carbocycles. The first-order chi connectivity index (χ1) is 9.59. The highest BCUT2D eigenvalue weighted by molar-refractivity contribution is 7.89. The maximum atomic E-state index is 12.6. The van der Waals surface area contributed by atoms with Gasteiger partial charge in [0.1, 0.15) is 4.90 Å². The van der Waals surface area contributed by atoms with Crippen LogP contribution in [0.4, 0.5) is 0 Å². The zero-order chi connectivity index (χ0) is 14.2. The van der Waals surface area contributed by atoms with Gasteiger partial charge in [-0.15, -0.1) is 12.4 Å². The Morgan fingerprint density at radius 1 is 1.29 bits per heavy atom. The number of hydrogen-bond acceptors (Lipinski definition) is 5. The lowest BCUT2D eigenvalue weighted by Crippen LogP contribution is -2.39. The number of nitrogens with zero attached hydrogens (tertiary/aromatic N) is 2. The highest BCUT2D eigenvalue weighted by atomic mass is 35.5. The van der Waals surface area contributed by atoms with Crippen LogP contribution in [0.15, 0.2) is 23.2 Å². The molecule has 2 fully saturated rings. The summed E-state index contributed by atoms with van der Waals surface area (Å²) in [6, 6.07) is 3.88. The highest BCUT2D eigenvalue weighted by Gasteiger charge is 2.34. The summed E-state index contributed by atoms with van der Waals surface area (Å²) in [6.07, 6.45) is 4.45. The van der Waals surface area contributed by atoms with Crippen molar-refractivity contribution in [2.75, 3.05) is 20.2 Å². The molecule has 118 valence electrons. The van der Waals surface area contributed by atoms with E-state index in [4.69, 9.17) is 4.74 Å². The Hall–Kier alpha value is -0.890. The van der Waals surface area contributed by atoms with E-state index in [1.807, 2.05) is 0 Å². The zero-order valence-corrected chi connectivity index (χ0v) is 13.5. The number of fused-ring (bicyclic) bond motifs is 2. The molecule has 8 heteroatoms. The number of aromatic nitrogens is 1. The fourth-order valence-electron chi connectivity index (χ4n) is 2.92. The van der Waals surface area contributed by atoms with Crippen molar-refractivity contribution >= 4 is 22.4 Å². The summed E-state index contributed by atoms with van der Waals surface area (Å²) in [4.78, 5) is 4.22. The Morgan fingerprint density at radius 2 is 2.05 bits per heavy atom. The smallest absolute Gasteiger partial charge is 0.244 e. The van der Waals surface area contributed by atoms with E-state index in [-0.39, 0.29) is 23.3 Å². The Bertz CT molecular complexity index is 579. The topological polar surface area (TPSA) is 71.5 Å². The lowest BCUT2D eigenvalue weighted by atomic mass is 10.1. The molecule has 2 bridgehead atoms. The first-order valence-electron chi connectivity index (χ1n) is 6.86. The maximum absolute atomic E-state index is 12.6. The van der Waals surface area contributed by atoms with Gasteiger partial charge in [-0.1, -0.05) is 0 Å². The van der Waals surface area contributed by atoms with Crippen molar-refractivity contribution in [3.05, 3.63) is 18.3 Å². The standard InChI is InChI=1S/C13H19N3O3S.ClH/c1-19-13-5-4-12(8-14-13)20(17,18)16-7-6-10-2-3-11(9-16)15-10;/h4-5,8,10-11,15H,2-3,6-7,9H2,1H3;1H. The molecule has 6 nitrogen and oxygen atoms in total. The van der Waals surface area contributed by atoms with Crippen LogP contribution < -0.4 is 10.1 Å². The van der Waals surface area contributed by atoms with Gasteiger partial charge in [0.25, 0.3) is 0 Å². The third-order valence-electron chi connectivity index (χ3n) is 4.04. The van der Waals surface area contributed by atoms with Crippen molar-refractivity contribution in [1.29, 1.82) is 0 Å². The number of ether oxygens (including phenoxy) is 1. The van der Waals surface area contributed by atoms with Crippen LogP contribution in [0.2, 0.25) is 0 Å². The average Bonchev–Trinajstić information content (AvgIpc) is 2.77. The zero-order valence-electron chi connectivity index (χ0n) is 11.9. The molecule has 2 unspecified atom stereocenters. The van der Waals surface area contributed by atoms with Crippen LogP contribution in [0.3, 0.4) is 0 Å². The van der Waals surface area contributed by atoms with Crippen molar-refractivity contribution in [2.45, 2.75) is 36.2 Å².